The van der Waals surface area contributed by atoms with Crippen LogP contribution in [0.2, 0.25) is 0 Å². The Bertz CT molecular complexity index is 719. The van der Waals surface area contributed by atoms with Gasteiger partial charge in [-0.15, -0.1) is 0 Å². The molecule has 0 aliphatic rings. The van der Waals surface area contributed by atoms with Gasteiger partial charge in [0, 0.05) is 13.1 Å². The van der Waals surface area contributed by atoms with Crippen molar-refractivity contribution in [2.24, 2.45) is 0 Å². The molecule has 3 N–H and O–H groups in total. The van der Waals surface area contributed by atoms with E-state index in [1.807, 2.05) is 30.3 Å². The average Bonchev–Trinajstić information content (AvgIpc) is 2.70. The van der Waals surface area contributed by atoms with Crippen LogP contribution in [0.25, 0.3) is 0 Å². The predicted octanol–water partition coefficient (Wildman–Crippen LogP) is 1.99. The average molecular weight is 372 g/mol. The number of aromatic hydroxyl groups is 1. The summed E-state index contributed by atoms with van der Waals surface area (Å²) in [4.78, 5) is 23.6. The van der Waals surface area contributed by atoms with Crippen LogP contribution in [-0.4, -0.2) is 43.4 Å². The zero-order valence-electron chi connectivity index (χ0n) is 15.2. The van der Waals surface area contributed by atoms with Crippen molar-refractivity contribution < 1.29 is 24.2 Å². The lowest BCUT2D eigenvalue weighted by molar-refractivity contribution is -0.143. The van der Waals surface area contributed by atoms with E-state index in [9.17, 15) is 14.7 Å². The predicted molar refractivity (Wildman–Crippen MR) is 100 cm³/mol. The second-order valence-electron chi connectivity index (χ2n) is 5.89. The van der Waals surface area contributed by atoms with Crippen molar-refractivity contribution >= 4 is 12.1 Å². The lowest BCUT2D eigenvalue weighted by Crippen LogP contribution is -2.43. The monoisotopic (exact) mass is 372 g/mol. The summed E-state index contributed by atoms with van der Waals surface area (Å²) in [5.74, 6) is -0.228. The molecule has 1 unspecified atom stereocenters. The Labute approximate surface area is 158 Å². The van der Waals surface area contributed by atoms with E-state index in [2.05, 4.69) is 10.6 Å². The largest absolute Gasteiger partial charge is 0.508 e. The molecule has 0 fully saturated rings. The number of phenols is 1. The molecule has 0 radical (unpaired) electrons. The summed E-state index contributed by atoms with van der Waals surface area (Å²) in [6.45, 7) is 0.876. The van der Waals surface area contributed by atoms with Gasteiger partial charge in [0.1, 0.15) is 18.4 Å². The number of alkyl carbamates (subject to hydrolysis) is 1. The van der Waals surface area contributed by atoms with Gasteiger partial charge in [-0.25, -0.2) is 4.79 Å². The fourth-order valence-corrected chi connectivity index (χ4v) is 2.43. The molecule has 144 valence electrons. The third kappa shape index (κ3) is 7.37. The summed E-state index contributed by atoms with van der Waals surface area (Å²) >= 11 is 0. The van der Waals surface area contributed by atoms with Gasteiger partial charge in [-0.2, -0.15) is 0 Å². The van der Waals surface area contributed by atoms with Crippen molar-refractivity contribution in [1.29, 1.82) is 0 Å². The highest BCUT2D eigenvalue weighted by molar-refractivity contribution is 5.76. The normalized spacial score (nSPS) is 11.4. The smallest absolute Gasteiger partial charge is 0.407 e. The van der Waals surface area contributed by atoms with Crippen molar-refractivity contribution in [1.82, 2.24) is 10.6 Å². The molecule has 0 aromatic heterocycles. The molecule has 1 atom stereocenters. The molecule has 2 rings (SSSR count). The summed E-state index contributed by atoms with van der Waals surface area (Å²) < 4.78 is 9.93. The molecule has 27 heavy (non-hydrogen) atoms. The molecule has 1 amide bonds. The maximum atomic E-state index is 11.9. The molecule has 7 nitrogen and oxygen atoms in total. The number of benzene rings is 2. The van der Waals surface area contributed by atoms with Crippen LogP contribution in [0.4, 0.5) is 4.79 Å². The van der Waals surface area contributed by atoms with Crippen molar-refractivity contribution in [2.45, 2.75) is 19.1 Å². The van der Waals surface area contributed by atoms with E-state index in [1.54, 1.807) is 24.3 Å². The van der Waals surface area contributed by atoms with Crippen LogP contribution in [0.1, 0.15) is 11.1 Å². The Morgan fingerprint density at radius 1 is 1.00 bits per heavy atom. The summed E-state index contributed by atoms with van der Waals surface area (Å²) in [6.07, 6.45) is -0.111. The van der Waals surface area contributed by atoms with Crippen molar-refractivity contribution in [3.05, 3.63) is 65.7 Å². The Morgan fingerprint density at radius 3 is 2.37 bits per heavy atom. The minimum absolute atomic E-state index is 0.166. The number of ether oxygens (including phenoxy) is 2. The van der Waals surface area contributed by atoms with E-state index in [0.29, 0.717) is 19.5 Å². The fourth-order valence-electron chi connectivity index (χ4n) is 2.43. The quantitative estimate of drug-likeness (QED) is 0.460. The summed E-state index contributed by atoms with van der Waals surface area (Å²) in [5, 5.41) is 15.0. The van der Waals surface area contributed by atoms with E-state index in [1.165, 1.54) is 7.11 Å². The van der Waals surface area contributed by atoms with Gasteiger partial charge in [-0.1, -0.05) is 42.5 Å². The van der Waals surface area contributed by atoms with Crippen LogP contribution < -0.4 is 10.6 Å². The first-order valence-electron chi connectivity index (χ1n) is 8.62. The van der Waals surface area contributed by atoms with Crippen LogP contribution >= 0.6 is 0 Å². The fraction of sp³-hybridized carbons (Fsp3) is 0.300. The van der Waals surface area contributed by atoms with E-state index < -0.39 is 18.1 Å². The molecule has 0 bridgehead atoms. The minimum atomic E-state index is -0.554. The SMILES string of the molecule is COC(=O)C(Cc1ccc(O)cc1)NCCNC(=O)OCc1ccccc1. The lowest BCUT2D eigenvalue weighted by Gasteiger charge is -2.17. The highest BCUT2D eigenvalue weighted by atomic mass is 16.5. The number of carbonyl (C=O) groups excluding carboxylic acids is 2. The Morgan fingerprint density at radius 2 is 1.70 bits per heavy atom. The van der Waals surface area contributed by atoms with E-state index in [0.717, 1.165) is 11.1 Å². The van der Waals surface area contributed by atoms with Crippen molar-refractivity contribution in [3.63, 3.8) is 0 Å². The third-order valence-electron chi connectivity index (χ3n) is 3.86. The zero-order chi connectivity index (χ0) is 19.5. The van der Waals surface area contributed by atoms with Gasteiger partial charge in [0.15, 0.2) is 0 Å². The van der Waals surface area contributed by atoms with Crippen LogP contribution in [0.3, 0.4) is 0 Å². The van der Waals surface area contributed by atoms with Gasteiger partial charge in [0.2, 0.25) is 0 Å². The number of hydrogen-bond donors (Lipinski definition) is 3. The first-order valence-corrected chi connectivity index (χ1v) is 8.62. The number of esters is 1. The molecule has 0 aliphatic heterocycles. The van der Waals surface area contributed by atoms with Crippen molar-refractivity contribution in [2.75, 3.05) is 20.2 Å². The molecule has 0 spiro atoms. The number of hydrogen-bond acceptors (Lipinski definition) is 6. The van der Waals surface area contributed by atoms with Gasteiger partial charge in [-0.05, 0) is 29.7 Å². The molecule has 0 aliphatic carbocycles. The molecule has 2 aromatic carbocycles. The van der Waals surface area contributed by atoms with Gasteiger partial charge in [-0.3, -0.25) is 4.79 Å². The number of methoxy groups -OCH3 is 1. The van der Waals surface area contributed by atoms with Crippen LogP contribution in [-0.2, 0) is 27.3 Å². The van der Waals surface area contributed by atoms with Gasteiger partial charge in [0.05, 0.1) is 7.11 Å². The number of phenolic OH excluding ortho intramolecular Hbond substituents is 1. The number of amides is 1. The molecule has 0 saturated carbocycles. The maximum Gasteiger partial charge on any atom is 0.407 e. The molecular formula is C20H24N2O5. The minimum Gasteiger partial charge on any atom is -0.508 e. The van der Waals surface area contributed by atoms with E-state index in [-0.39, 0.29) is 12.4 Å². The van der Waals surface area contributed by atoms with E-state index >= 15 is 0 Å². The van der Waals surface area contributed by atoms with Gasteiger partial charge >= 0.3 is 12.1 Å². The second kappa shape index (κ2) is 10.8. The first kappa shape index (κ1) is 20.3. The van der Waals surface area contributed by atoms with Crippen molar-refractivity contribution in [3.8, 4) is 5.75 Å². The summed E-state index contributed by atoms with van der Waals surface area (Å²) in [6, 6.07) is 15.5. The molecule has 0 heterocycles. The number of carbonyl (C=O) groups is 2. The maximum absolute atomic E-state index is 11.9. The summed E-state index contributed by atoms with van der Waals surface area (Å²) in [7, 11) is 1.33. The Balaban J connectivity index is 1.72. The van der Waals surface area contributed by atoms with Crippen LogP contribution in [0.5, 0.6) is 5.75 Å². The second-order valence-corrected chi connectivity index (χ2v) is 5.89. The lowest BCUT2D eigenvalue weighted by atomic mass is 10.1. The van der Waals surface area contributed by atoms with Gasteiger partial charge < -0.3 is 25.2 Å². The molecule has 2 aromatic rings. The summed E-state index contributed by atoms with van der Waals surface area (Å²) in [5.41, 5.74) is 1.79. The standard InChI is InChI=1S/C20H24N2O5/c1-26-19(24)18(13-15-7-9-17(23)10-8-15)21-11-12-22-20(25)27-14-16-5-3-2-4-6-16/h2-10,18,21,23H,11-14H2,1H3,(H,22,25). The Hall–Kier alpha value is -3.06. The topological polar surface area (TPSA) is 96.9 Å². The van der Waals surface area contributed by atoms with Gasteiger partial charge in [0.25, 0.3) is 0 Å². The number of rotatable bonds is 9. The van der Waals surface area contributed by atoms with E-state index in [4.69, 9.17) is 9.47 Å². The number of nitrogens with one attached hydrogen (secondary N) is 2. The highest BCUT2D eigenvalue weighted by Crippen LogP contribution is 2.11. The highest BCUT2D eigenvalue weighted by Gasteiger charge is 2.19. The van der Waals surface area contributed by atoms with Crippen LogP contribution in [0.15, 0.2) is 54.6 Å². The Kier molecular flexibility index (Phi) is 8.12. The third-order valence-corrected chi connectivity index (χ3v) is 3.86. The molecule has 0 saturated heterocycles. The molecule has 7 heteroatoms. The first-order chi connectivity index (χ1) is 13.1. The molecular weight excluding hydrogens is 348 g/mol. The zero-order valence-corrected chi connectivity index (χ0v) is 15.2. The van der Waals surface area contributed by atoms with Crippen LogP contribution in [0, 0.1) is 0 Å².